The molecule has 0 aliphatic rings. The summed E-state index contributed by atoms with van der Waals surface area (Å²) in [5.41, 5.74) is 2.09. The van der Waals surface area contributed by atoms with Crippen LogP contribution in [0.3, 0.4) is 0 Å². The fourth-order valence-electron chi connectivity index (χ4n) is 3.74. The van der Waals surface area contributed by atoms with E-state index in [4.69, 9.17) is 4.74 Å². The summed E-state index contributed by atoms with van der Waals surface area (Å²) in [6.45, 7) is 5.04. The first-order chi connectivity index (χ1) is 17.2. The lowest BCUT2D eigenvalue weighted by molar-refractivity contribution is -0.123. The monoisotopic (exact) mass is 506 g/mol. The van der Waals surface area contributed by atoms with E-state index in [-0.39, 0.29) is 16.8 Å². The molecule has 0 aliphatic carbocycles. The molecule has 0 fully saturated rings. The Hall–Kier alpha value is -4.12. The standard InChI is InChI=1S/C25H26N6O4S/c1-15-21(23(33)31(29(15)4)20-9-7-6-8-10-20)26-22(32)16(2)35-24(34)18-11-13-19(14-12-18)30-17(3)27-28-25(30)36-5/h6-14,16H,1-5H3,(H,26,32). The molecule has 4 aromatic rings. The minimum absolute atomic E-state index is 0.132. The zero-order valence-electron chi connectivity index (χ0n) is 20.6. The van der Waals surface area contributed by atoms with Crippen LogP contribution in [0.5, 0.6) is 0 Å². The van der Waals surface area contributed by atoms with Gasteiger partial charge in [0.15, 0.2) is 11.3 Å². The number of rotatable bonds is 7. The topological polar surface area (TPSA) is 113 Å². The average molecular weight is 507 g/mol. The number of carbonyl (C=O) groups is 2. The SMILES string of the molecule is CSc1nnc(C)n1-c1ccc(C(=O)OC(C)C(=O)Nc2c(C)n(C)n(-c3ccccc3)c2=O)cc1. The van der Waals surface area contributed by atoms with Gasteiger partial charge in [0.05, 0.1) is 16.9 Å². The highest BCUT2D eigenvalue weighted by molar-refractivity contribution is 7.98. The minimum Gasteiger partial charge on any atom is -0.449 e. The summed E-state index contributed by atoms with van der Waals surface area (Å²) in [6.07, 6.45) is 0.788. The smallest absolute Gasteiger partial charge is 0.338 e. The number of benzene rings is 2. The second-order valence-corrected chi connectivity index (χ2v) is 8.86. The molecule has 11 heteroatoms. The van der Waals surface area contributed by atoms with E-state index in [1.54, 1.807) is 55.1 Å². The third-order valence-electron chi connectivity index (χ3n) is 5.79. The van der Waals surface area contributed by atoms with Crippen molar-refractivity contribution in [2.45, 2.75) is 32.0 Å². The van der Waals surface area contributed by atoms with Gasteiger partial charge in [-0.1, -0.05) is 30.0 Å². The molecule has 2 aromatic carbocycles. The zero-order valence-corrected chi connectivity index (χ0v) is 21.4. The predicted octanol–water partition coefficient (Wildman–Crippen LogP) is 3.28. The van der Waals surface area contributed by atoms with Gasteiger partial charge < -0.3 is 10.1 Å². The van der Waals surface area contributed by atoms with Gasteiger partial charge in [0.25, 0.3) is 11.5 Å². The first kappa shape index (κ1) is 25.0. The maximum absolute atomic E-state index is 13.0. The number of esters is 1. The molecule has 2 heterocycles. The first-order valence-corrected chi connectivity index (χ1v) is 12.4. The van der Waals surface area contributed by atoms with Crippen molar-refractivity contribution in [3.63, 3.8) is 0 Å². The van der Waals surface area contributed by atoms with Gasteiger partial charge in [0.1, 0.15) is 11.5 Å². The second kappa shape index (κ2) is 10.2. The number of nitrogens with one attached hydrogen (secondary N) is 1. The number of para-hydroxylation sites is 1. The third-order valence-corrected chi connectivity index (χ3v) is 6.42. The second-order valence-electron chi connectivity index (χ2n) is 8.09. The van der Waals surface area contributed by atoms with Crippen LogP contribution in [-0.4, -0.2) is 48.4 Å². The molecule has 36 heavy (non-hydrogen) atoms. The Labute approximate surface area is 211 Å². The number of hydrogen-bond donors (Lipinski definition) is 1. The van der Waals surface area contributed by atoms with Crippen LogP contribution in [0.1, 0.15) is 28.8 Å². The van der Waals surface area contributed by atoms with E-state index in [1.807, 2.05) is 35.9 Å². The molecule has 0 saturated carbocycles. The van der Waals surface area contributed by atoms with E-state index in [1.165, 1.54) is 23.4 Å². The molecule has 1 unspecified atom stereocenters. The average Bonchev–Trinajstić information content (AvgIpc) is 3.36. The summed E-state index contributed by atoms with van der Waals surface area (Å²) < 4.78 is 10.4. The van der Waals surface area contributed by atoms with Crippen molar-refractivity contribution >= 4 is 29.3 Å². The van der Waals surface area contributed by atoms with E-state index in [0.717, 1.165) is 16.7 Å². The van der Waals surface area contributed by atoms with Gasteiger partial charge in [0.2, 0.25) is 0 Å². The van der Waals surface area contributed by atoms with Crippen LogP contribution in [0, 0.1) is 13.8 Å². The highest BCUT2D eigenvalue weighted by atomic mass is 32.2. The van der Waals surface area contributed by atoms with Crippen LogP contribution >= 0.6 is 11.8 Å². The van der Waals surface area contributed by atoms with Gasteiger partial charge in [0, 0.05) is 12.7 Å². The van der Waals surface area contributed by atoms with Gasteiger partial charge >= 0.3 is 5.97 Å². The molecular formula is C25H26N6O4S. The van der Waals surface area contributed by atoms with Crippen molar-refractivity contribution in [3.8, 4) is 11.4 Å². The molecule has 1 amide bonds. The van der Waals surface area contributed by atoms with Crippen molar-refractivity contribution in [1.29, 1.82) is 0 Å². The number of aromatic nitrogens is 5. The fraction of sp³-hybridized carbons (Fsp3) is 0.240. The van der Waals surface area contributed by atoms with Crippen LogP contribution in [0.2, 0.25) is 0 Å². The van der Waals surface area contributed by atoms with Crippen LogP contribution in [0.15, 0.2) is 64.5 Å². The quantitative estimate of drug-likeness (QED) is 0.302. The number of thioether (sulfide) groups is 1. The summed E-state index contributed by atoms with van der Waals surface area (Å²) in [5.74, 6) is -0.528. The molecule has 2 aromatic heterocycles. The van der Waals surface area contributed by atoms with Crippen molar-refractivity contribution in [1.82, 2.24) is 24.1 Å². The number of amides is 1. The minimum atomic E-state index is -1.12. The van der Waals surface area contributed by atoms with E-state index in [9.17, 15) is 14.4 Å². The Bertz CT molecular complexity index is 1470. The van der Waals surface area contributed by atoms with Crippen molar-refractivity contribution < 1.29 is 14.3 Å². The van der Waals surface area contributed by atoms with E-state index < -0.39 is 18.0 Å². The van der Waals surface area contributed by atoms with Gasteiger partial charge in [-0.05, 0) is 63.4 Å². The number of aryl methyl sites for hydroxylation is 1. The predicted molar refractivity (Wildman–Crippen MR) is 137 cm³/mol. The third kappa shape index (κ3) is 4.69. The summed E-state index contributed by atoms with van der Waals surface area (Å²) in [5, 5.41) is 11.5. The van der Waals surface area contributed by atoms with Gasteiger partial charge in [-0.25, -0.2) is 9.48 Å². The first-order valence-electron chi connectivity index (χ1n) is 11.1. The van der Waals surface area contributed by atoms with Crippen LogP contribution < -0.4 is 10.9 Å². The van der Waals surface area contributed by atoms with Crippen molar-refractivity contribution in [2.75, 3.05) is 11.6 Å². The maximum Gasteiger partial charge on any atom is 0.338 e. The number of ether oxygens (including phenoxy) is 1. The fourth-order valence-corrected chi connectivity index (χ4v) is 4.28. The van der Waals surface area contributed by atoms with E-state index in [2.05, 4.69) is 15.5 Å². The van der Waals surface area contributed by atoms with Crippen LogP contribution in [0.25, 0.3) is 11.4 Å². The Morgan fingerprint density at radius 3 is 2.31 bits per heavy atom. The zero-order chi connectivity index (χ0) is 26.0. The van der Waals surface area contributed by atoms with Crippen LogP contribution in [0.4, 0.5) is 5.69 Å². The number of anilines is 1. The number of nitrogens with zero attached hydrogens (tertiary/aromatic N) is 5. The largest absolute Gasteiger partial charge is 0.449 e. The molecule has 10 nitrogen and oxygen atoms in total. The molecule has 0 bridgehead atoms. The molecule has 186 valence electrons. The summed E-state index contributed by atoms with van der Waals surface area (Å²) in [7, 11) is 1.73. The number of carbonyl (C=O) groups excluding carboxylic acids is 2. The highest BCUT2D eigenvalue weighted by Gasteiger charge is 2.24. The van der Waals surface area contributed by atoms with Crippen molar-refractivity contribution in [3.05, 3.63) is 82.0 Å². The van der Waals surface area contributed by atoms with E-state index >= 15 is 0 Å². The Morgan fingerprint density at radius 1 is 1.00 bits per heavy atom. The summed E-state index contributed by atoms with van der Waals surface area (Å²) in [6, 6.07) is 15.9. The molecule has 0 radical (unpaired) electrons. The Kier molecular flexibility index (Phi) is 7.11. The Morgan fingerprint density at radius 2 is 1.67 bits per heavy atom. The molecule has 0 aliphatic heterocycles. The molecule has 4 rings (SSSR count). The summed E-state index contributed by atoms with van der Waals surface area (Å²) >= 11 is 1.46. The molecule has 1 N–H and O–H groups in total. The lowest BCUT2D eigenvalue weighted by atomic mass is 10.2. The molecule has 0 saturated heterocycles. The number of hydrogen-bond acceptors (Lipinski definition) is 7. The van der Waals surface area contributed by atoms with Gasteiger partial charge in [-0.3, -0.25) is 18.8 Å². The lowest BCUT2D eigenvalue weighted by Gasteiger charge is -2.13. The van der Waals surface area contributed by atoms with Crippen LogP contribution in [-0.2, 0) is 16.6 Å². The Balaban J connectivity index is 1.46. The normalized spacial score (nSPS) is 11.8. The van der Waals surface area contributed by atoms with Gasteiger partial charge in [-0.2, -0.15) is 0 Å². The van der Waals surface area contributed by atoms with E-state index in [0.29, 0.717) is 11.4 Å². The lowest BCUT2D eigenvalue weighted by Crippen LogP contribution is -2.32. The molecule has 1 atom stereocenters. The highest BCUT2D eigenvalue weighted by Crippen LogP contribution is 2.20. The molecular weight excluding hydrogens is 480 g/mol. The van der Waals surface area contributed by atoms with Crippen molar-refractivity contribution in [2.24, 2.45) is 7.05 Å². The summed E-state index contributed by atoms with van der Waals surface area (Å²) in [4.78, 5) is 38.5. The molecule has 0 spiro atoms. The maximum atomic E-state index is 13.0. The van der Waals surface area contributed by atoms with Gasteiger partial charge in [-0.15, -0.1) is 10.2 Å².